The molecule has 0 aliphatic rings. The predicted molar refractivity (Wildman–Crippen MR) is 196 cm³/mol. The minimum absolute atomic E-state index is 0.156. The fourth-order valence-electron chi connectivity index (χ4n) is 5.53. The second-order valence-corrected chi connectivity index (χ2v) is 15.5. The normalized spacial score (nSPS) is 13.7. The van der Waals surface area contributed by atoms with E-state index in [-0.39, 0.29) is 12.8 Å². The highest BCUT2D eigenvalue weighted by Crippen LogP contribution is 2.31. The average molecular weight is 686 g/mol. The molecule has 0 bridgehead atoms. The van der Waals surface area contributed by atoms with E-state index >= 15 is 0 Å². The van der Waals surface area contributed by atoms with Gasteiger partial charge in [-0.25, -0.2) is 9.59 Å². The maximum Gasteiger partial charge on any atom is 0.408 e. The van der Waals surface area contributed by atoms with Gasteiger partial charge in [-0.05, 0) is 91.0 Å². The van der Waals surface area contributed by atoms with Gasteiger partial charge in [0.1, 0.15) is 29.3 Å². The molecule has 270 valence electrons. The molecule has 0 spiro atoms. The smallest absolute Gasteiger partial charge is 0.408 e. The summed E-state index contributed by atoms with van der Waals surface area (Å²) >= 11 is 0. The summed E-state index contributed by atoms with van der Waals surface area (Å²) in [6.45, 7) is 18.1. The van der Waals surface area contributed by atoms with Gasteiger partial charge in [-0.3, -0.25) is 9.59 Å². The Morgan fingerprint density at radius 3 is 1.54 bits per heavy atom. The van der Waals surface area contributed by atoms with E-state index in [2.05, 4.69) is 10.6 Å². The van der Waals surface area contributed by atoms with Crippen LogP contribution in [0.15, 0.2) is 84.9 Å². The van der Waals surface area contributed by atoms with E-state index in [0.29, 0.717) is 5.56 Å². The summed E-state index contributed by atoms with van der Waals surface area (Å²) in [6, 6.07) is 23.0. The number of rotatable bonds is 12. The molecule has 3 atom stereocenters. The number of nitrogens with zero attached hydrogens (tertiary/aromatic N) is 1. The summed E-state index contributed by atoms with van der Waals surface area (Å²) in [5.74, 6) is -1.62. The van der Waals surface area contributed by atoms with Crippen LogP contribution in [0.1, 0.15) is 97.5 Å². The van der Waals surface area contributed by atoms with Gasteiger partial charge in [-0.1, -0.05) is 91.9 Å². The van der Waals surface area contributed by atoms with Crippen molar-refractivity contribution in [3.05, 3.63) is 107 Å². The number of carbonyl (C=O) groups is 4. The fourth-order valence-corrected chi connectivity index (χ4v) is 5.53. The van der Waals surface area contributed by atoms with Crippen LogP contribution in [0.3, 0.4) is 0 Å². The van der Waals surface area contributed by atoms with Gasteiger partial charge < -0.3 is 25.0 Å². The molecule has 0 fully saturated rings. The number of nitrogens with one attached hydrogen (secondary N) is 2. The molecule has 3 unspecified atom stereocenters. The minimum atomic E-state index is -1.17. The molecule has 0 saturated carbocycles. The number of hydrogen-bond donors (Lipinski definition) is 2. The number of hydrogen-bond acceptors (Lipinski definition) is 6. The van der Waals surface area contributed by atoms with Crippen LogP contribution in [-0.2, 0) is 43.1 Å². The molecule has 3 aromatic carbocycles. The first-order chi connectivity index (χ1) is 23.3. The summed E-state index contributed by atoms with van der Waals surface area (Å²) in [5, 5.41) is 5.76. The Balaban J connectivity index is 2.14. The van der Waals surface area contributed by atoms with Gasteiger partial charge in [0, 0.05) is 18.4 Å². The first-order valence-electron chi connectivity index (χ1n) is 17.3. The van der Waals surface area contributed by atoms with Crippen molar-refractivity contribution in [1.29, 1.82) is 0 Å². The van der Waals surface area contributed by atoms with Crippen molar-refractivity contribution in [2.45, 2.75) is 123 Å². The second-order valence-electron chi connectivity index (χ2n) is 15.5. The third-order valence-electron chi connectivity index (χ3n) is 7.73. The van der Waals surface area contributed by atoms with Crippen LogP contribution < -0.4 is 10.6 Å². The lowest BCUT2D eigenvalue weighted by Crippen LogP contribution is -2.60. The van der Waals surface area contributed by atoms with E-state index < -0.39 is 58.7 Å². The highest BCUT2D eigenvalue weighted by molar-refractivity contribution is 5.94. The number of alkyl carbamates (subject to hydrolysis) is 1. The molecule has 50 heavy (non-hydrogen) atoms. The van der Waals surface area contributed by atoms with Gasteiger partial charge in [0.25, 0.3) is 0 Å². The lowest BCUT2D eigenvalue weighted by Gasteiger charge is -2.43. The van der Waals surface area contributed by atoms with Gasteiger partial charge in [0.15, 0.2) is 0 Å². The molecule has 3 aromatic rings. The molecule has 9 nitrogen and oxygen atoms in total. The quantitative estimate of drug-likeness (QED) is 0.196. The van der Waals surface area contributed by atoms with Crippen LogP contribution in [0.4, 0.5) is 4.79 Å². The molecule has 0 aliphatic heterocycles. The van der Waals surface area contributed by atoms with Crippen LogP contribution in [0.2, 0.25) is 0 Å². The van der Waals surface area contributed by atoms with Crippen molar-refractivity contribution in [2.24, 2.45) is 0 Å². The maximum atomic E-state index is 14.9. The fraction of sp³-hybridized carbons (Fsp3) is 0.463. The van der Waals surface area contributed by atoms with Gasteiger partial charge >= 0.3 is 12.1 Å². The maximum absolute atomic E-state index is 14.9. The highest BCUT2D eigenvalue weighted by Gasteiger charge is 2.43. The number of amides is 3. The third kappa shape index (κ3) is 12.3. The lowest BCUT2D eigenvalue weighted by atomic mass is 9.93. The Labute approximate surface area is 298 Å². The SMILES string of the molecule is CCc1ccc(C(C(=O)NC(Cc2ccccc2)C(=O)OC(C)(C)C)N(C(=O)C(Cc2ccccc2)NC(=O)OC(C)(C)C)C(C)(C)C)cc1. The molecule has 9 heteroatoms. The Morgan fingerprint density at radius 1 is 0.620 bits per heavy atom. The highest BCUT2D eigenvalue weighted by atomic mass is 16.6. The first-order valence-corrected chi connectivity index (χ1v) is 17.3. The topological polar surface area (TPSA) is 114 Å². The summed E-state index contributed by atoms with van der Waals surface area (Å²) < 4.78 is 11.3. The first kappa shape index (κ1) is 39.8. The van der Waals surface area contributed by atoms with Crippen molar-refractivity contribution < 1.29 is 28.7 Å². The van der Waals surface area contributed by atoms with Gasteiger partial charge in [0.2, 0.25) is 11.8 Å². The average Bonchev–Trinajstić information content (AvgIpc) is 3.01. The van der Waals surface area contributed by atoms with Crippen LogP contribution in [0.5, 0.6) is 0 Å². The van der Waals surface area contributed by atoms with Crippen molar-refractivity contribution in [1.82, 2.24) is 15.5 Å². The molecule has 0 radical (unpaired) electrons. The van der Waals surface area contributed by atoms with E-state index in [4.69, 9.17) is 9.47 Å². The molecule has 0 aromatic heterocycles. The standard InChI is InChI=1S/C41H55N3O6/c1-11-28-22-24-31(25-23-28)34(35(45)42-33(37(47)49-40(5,6)7)27-30-20-16-13-17-21-30)44(39(2,3)4)36(46)32(26-29-18-14-12-15-19-29)43-38(48)50-41(8,9)10/h12-25,32-34H,11,26-27H2,1-10H3,(H,42,45)(H,43,48). The van der Waals surface area contributed by atoms with Gasteiger partial charge in [0.05, 0.1) is 0 Å². The zero-order valence-corrected chi connectivity index (χ0v) is 31.3. The Bertz CT molecular complexity index is 1570. The summed E-state index contributed by atoms with van der Waals surface area (Å²) in [4.78, 5) is 57.9. The zero-order chi connectivity index (χ0) is 37.3. The molecular formula is C41H55N3O6. The molecule has 0 heterocycles. The van der Waals surface area contributed by atoms with E-state index in [0.717, 1.165) is 23.1 Å². The van der Waals surface area contributed by atoms with Crippen LogP contribution in [0, 0.1) is 0 Å². The van der Waals surface area contributed by atoms with Gasteiger partial charge in [-0.2, -0.15) is 0 Å². The monoisotopic (exact) mass is 685 g/mol. The number of esters is 1. The lowest BCUT2D eigenvalue weighted by molar-refractivity contribution is -0.159. The van der Waals surface area contributed by atoms with E-state index in [1.807, 2.05) is 113 Å². The van der Waals surface area contributed by atoms with Crippen LogP contribution in [0.25, 0.3) is 0 Å². The van der Waals surface area contributed by atoms with Crippen molar-refractivity contribution in [3.63, 3.8) is 0 Å². The van der Waals surface area contributed by atoms with Crippen molar-refractivity contribution in [3.8, 4) is 0 Å². The number of carbonyl (C=O) groups excluding carboxylic acids is 4. The van der Waals surface area contributed by atoms with E-state index in [1.54, 1.807) is 41.5 Å². The van der Waals surface area contributed by atoms with E-state index in [9.17, 15) is 19.2 Å². The Morgan fingerprint density at radius 2 is 1.10 bits per heavy atom. The summed E-state index contributed by atoms with van der Waals surface area (Å²) in [5.41, 5.74) is 0.753. The minimum Gasteiger partial charge on any atom is -0.458 e. The third-order valence-corrected chi connectivity index (χ3v) is 7.73. The molecule has 3 rings (SSSR count). The van der Waals surface area contributed by atoms with Crippen LogP contribution in [-0.4, -0.2) is 57.6 Å². The predicted octanol–water partition coefficient (Wildman–Crippen LogP) is 7.12. The summed E-state index contributed by atoms with van der Waals surface area (Å²) in [7, 11) is 0. The summed E-state index contributed by atoms with van der Waals surface area (Å²) in [6.07, 6.45) is 0.379. The molecule has 0 saturated heterocycles. The van der Waals surface area contributed by atoms with Crippen molar-refractivity contribution >= 4 is 23.9 Å². The molecule has 0 aliphatic carbocycles. The molecule has 3 amide bonds. The number of benzene rings is 3. The Hall–Kier alpha value is -4.66. The van der Waals surface area contributed by atoms with E-state index in [1.165, 1.54) is 4.90 Å². The largest absolute Gasteiger partial charge is 0.458 e. The zero-order valence-electron chi connectivity index (χ0n) is 31.3. The van der Waals surface area contributed by atoms with Crippen molar-refractivity contribution in [2.75, 3.05) is 0 Å². The molecular weight excluding hydrogens is 630 g/mol. The van der Waals surface area contributed by atoms with Crippen LogP contribution >= 0.6 is 0 Å². The number of aryl methyl sites for hydroxylation is 1. The second kappa shape index (κ2) is 16.8. The number of ether oxygens (including phenoxy) is 2. The van der Waals surface area contributed by atoms with Gasteiger partial charge in [-0.15, -0.1) is 0 Å². The molecule has 2 N–H and O–H groups in total. The Kier molecular flexibility index (Phi) is 13.4.